The minimum atomic E-state index is -0.420. The maximum absolute atomic E-state index is 12.4. The SMILES string of the molecule is C=CC1=C(C=C)c2c(c(C(=O)OCC)nn2-c2cccc(OC)c2)CS1. The van der Waals surface area contributed by atoms with Crippen molar-refractivity contribution in [3.05, 3.63) is 71.4 Å². The number of hydrogen-bond donors (Lipinski definition) is 0. The number of carbonyl (C=O) groups excluding carboxylic acids is 1. The Kier molecular flexibility index (Phi) is 5.32. The summed E-state index contributed by atoms with van der Waals surface area (Å²) < 4.78 is 12.3. The lowest BCUT2D eigenvalue weighted by Crippen LogP contribution is -2.09. The van der Waals surface area contributed by atoms with E-state index in [1.165, 1.54) is 0 Å². The van der Waals surface area contributed by atoms with Crippen molar-refractivity contribution in [2.24, 2.45) is 0 Å². The predicted octanol–water partition coefficient (Wildman–Crippen LogP) is 4.39. The summed E-state index contributed by atoms with van der Waals surface area (Å²) in [6.07, 6.45) is 3.58. The molecule has 2 aromatic rings. The fraction of sp³-hybridized carbons (Fsp3) is 0.200. The van der Waals surface area contributed by atoms with E-state index in [1.54, 1.807) is 42.6 Å². The first-order valence-corrected chi connectivity index (χ1v) is 9.18. The third-order valence-corrected chi connectivity index (χ3v) is 5.16. The molecule has 0 aliphatic carbocycles. The van der Waals surface area contributed by atoms with Gasteiger partial charge in [-0.15, -0.1) is 11.8 Å². The fourth-order valence-electron chi connectivity index (χ4n) is 2.87. The average molecular weight is 368 g/mol. The Morgan fingerprint density at radius 1 is 1.38 bits per heavy atom. The molecule has 0 saturated carbocycles. The molecule has 1 aromatic carbocycles. The van der Waals surface area contributed by atoms with Gasteiger partial charge < -0.3 is 9.47 Å². The van der Waals surface area contributed by atoms with Gasteiger partial charge in [0.2, 0.25) is 0 Å². The van der Waals surface area contributed by atoms with Gasteiger partial charge >= 0.3 is 5.97 Å². The zero-order valence-electron chi connectivity index (χ0n) is 14.8. The third-order valence-electron chi connectivity index (χ3n) is 4.03. The first kappa shape index (κ1) is 18.1. The highest BCUT2D eigenvalue weighted by atomic mass is 32.2. The number of ether oxygens (including phenoxy) is 2. The van der Waals surface area contributed by atoms with E-state index in [9.17, 15) is 4.79 Å². The number of thioether (sulfide) groups is 1. The summed E-state index contributed by atoms with van der Waals surface area (Å²) in [5, 5.41) is 4.58. The van der Waals surface area contributed by atoms with E-state index in [1.807, 2.05) is 24.3 Å². The number of nitrogens with zero attached hydrogens (tertiary/aromatic N) is 2. The molecule has 0 saturated heterocycles. The minimum Gasteiger partial charge on any atom is -0.497 e. The maximum Gasteiger partial charge on any atom is 0.359 e. The van der Waals surface area contributed by atoms with Gasteiger partial charge in [-0.25, -0.2) is 9.48 Å². The van der Waals surface area contributed by atoms with Crippen LogP contribution in [0, 0.1) is 0 Å². The molecule has 0 N–H and O–H groups in total. The number of benzene rings is 1. The number of rotatable bonds is 6. The molecule has 1 aliphatic heterocycles. The summed E-state index contributed by atoms with van der Waals surface area (Å²) in [6, 6.07) is 7.54. The van der Waals surface area contributed by atoms with Crippen LogP contribution in [0.25, 0.3) is 11.3 Å². The first-order chi connectivity index (χ1) is 12.6. The van der Waals surface area contributed by atoms with Crippen molar-refractivity contribution in [1.29, 1.82) is 0 Å². The molecular weight excluding hydrogens is 348 g/mol. The van der Waals surface area contributed by atoms with Crippen molar-refractivity contribution in [2.45, 2.75) is 12.7 Å². The van der Waals surface area contributed by atoms with E-state index in [0.717, 1.165) is 27.4 Å². The Morgan fingerprint density at radius 3 is 2.85 bits per heavy atom. The van der Waals surface area contributed by atoms with E-state index in [-0.39, 0.29) is 0 Å². The zero-order valence-corrected chi connectivity index (χ0v) is 15.6. The number of esters is 1. The summed E-state index contributed by atoms with van der Waals surface area (Å²) >= 11 is 1.61. The Morgan fingerprint density at radius 2 is 2.19 bits per heavy atom. The number of methoxy groups -OCH3 is 1. The van der Waals surface area contributed by atoms with Crippen LogP contribution in [0.5, 0.6) is 5.75 Å². The van der Waals surface area contributed by atoms with Crippen molar-refractivity contribution in [1.82, 2.24) is 9.78 Å². The molecule has 0 fully saturated rings. The second-order valence-corrected chi connectivity index (χ2v) is 6.50. The highest BCUT2D eigenvalue weighted by Crippen LogP contribution is 2.41. The number of carbonyl (C=O) groups is 1. The maximum atomic E-state index is 12.4. The molecule has 1 aromatic heterocycles. The lowest BCUT2D eigenvalue weighted by Gasteiger charge is -2.18. The fourth-order valence-corrected chi connectivity index (χ4v) is 3.89. The van der Waals surface area contributed by atoms with Crippen LogP contribution in [-0.2, 0) is 10.5 Å². The highest BCUT2D eigenvalue weighted by Gasteiger charge is 2.30. The summed E-state index contributed by atoms with van der Waals surface area (Å²) in [6.45, 7) is 9.91. The second-order valence-electron chi connectivity index (χ2n) is 5.48. The van der Waals surface area contributed by atoms with E-state index < -0.39 is 5.97 Å². The molecule has 6 heteroatoms. The Balaban J connectivity index is 2.28. The van der Waals surface area contributed by atoms with Crippen LogP contribution in [0.4, 0.5) is 0 Å². The van der Waals surface area contributed by atoms with E-state index in [4.69, 9.17) is 9.47 Å². The summed E-state index contributed by atoms with van der Waals surface area (Å²) in [5.74, 6) is 0.908. The molecular formula is C20H20N2O3S. The van der Waals surface area contributed by atoms with Gasteiger partial charge in [0.1, 0.15) is 5.75 Å². The number of hydrogen-bond acceptors (Lipinski definition) is 5. The molecule has 0 bridgehead atoms. The number of aromatic nitrogens is 2. The topological polar surface area (TPSA) is 53.3 Å². The minimum absolute atomic E-state index is 0.300. The molecule has 0 amide bonds. The average Bonchev–Trinajstić information content (AvgIpc) is 3.07. The van der Waals surface area contributed by atoms with Crippen LogP contribution in [0.3, 0.4) is 0 Å². The molecule has 0 radical (unpaired) electrons. The largest absolute Gasteiger partial charge is 0.497 e. The van der Waals surface area contributed by atoms with Crippen molar-refractivity contribution < 1.29 is 14.3 Å². The van der Waals surface area contributed by atoms with Crippen LogP contribution in [0.1, 0.15) is 28.7 Å². The summed E-state index contributed by atoms with van der Waals surface area (Å²) in [4.78, 5) is 13.4. The molecule has 26 heavy (non-hydrogen) atoms. The van der Waals surface area contributed by atoms with E-state index in [2.05, 4.69) is 18.3 Å². The Bertz CT molecular complexity index is 912. The molecule has 0 spiro atoms. The van der Waals surface area contributed by atoms with Crippen molar-refractivity contribution >= 4 is 23.3 Å². The summed E-state index contributed by atoms with van der Waals surface area (Å²) in [5.41, 5.74) is 3.71. The van der Waals surface area contributed by atoms with Crippen LogP contribution in [0.15, 0.2) is 54.5 Å². The molecule has 0 unspecified atom stereocenters. The van der Waals surface area contributed by atoms with Gasteiger partial charge in [0.15, 0.2) is 5.69 Å². The van der Waals surface area contributed by atoms with E-state index >= 15 is 0 Å². The molecule has 134 valence electrons. The zero-order chi connectivity index (χ0) is 18.7. The number of allylic oxidation sites excluding steroid dienone is 3. The molecule has 3 rings (SSSR count). The predicted molar refractivity (Wildman–Crippen MR) is 105 cm³/mol. The molecule has 5 nitrogen and oxygen atoms in total. The van der Waals surface area contributed by atoms with Crippen molar-refractivity contribution in [2.75, 3.05) is 13.7 Å². The Hall–Kier alpha value is -2.73. The summed E-state index contributed by atoms with van der Waals surface area (Å²) in [7, 11) is 1.61. The van der Waals surface area contributed by atoms with Crippen LogP contribution < -0.4 is 4.74 Å². The van der Waals surface area contributed by atoms with Gasteiger partial charge in [-0.3, -0.25) is 0 Å². The van der Waals surface area contributed by atoms with Gasteiger partial charge in [-0.2, -0.15) is 5.10 Å². The van der Waals surface area contributed by atoms with Gasteiger partial charge in [0.25, 0.3) is 0 Å². The standard InChI is InChI=1S/C20H20N2O3S/c1-5-15-17(6-2)26-12-16-18(20(23)25-7-3)21-22(19(15)16)13-9-8-10-14(11-13)24-4/h5-6,8-11H,1-2,7,12H2,3-4H3. The van der Waals surface area contributed by atoms with Gasteiger partial charge in [0, 0.05) is 27.9 Å². The highest BCUT2D eigenvalue weighted by molar-refractivity contribution is 8.02. The van der Waals surface area contributed by atoms with Gasteiger partial charge in [-0.05, 0) is 19.1 Å². The lowest BCUT2D eigenvalue weighted by molar-refractivity contribution is 0.0518. The van der Waals surface area contributed by atoms with E-state index in [0.29, 0.717) is 23.8 Å². The first-order valence-electron chi connectivity index (χ1n) is 8.20. The molecule has 0 atom stereocenters. The van der Waals surface area contributed by atoms with Crippen LogP contribution in [-0.4, -0.2) is 29.5 Å². The van der Waals surface area contributed by atoms with Crippen molar-refractivity contribution in [3.8, 4) is 11.4 Å². The van der Waals surface area contributed by atoms with Crippen molar-refractivity contribution in [3.63, 3.8) is 0 Å². The smallest absolute Gasteiger partial charge is 0.359 e. The van der Waals surface area contributed by atoms with Gasteiger partial charge in [0.05, 0.1) is 25.1 Å². The normalized spacial score (nSPS) is 13.2. The Labute approximate surface area is 157 Å². The third kappa shape index (κ3) is 3.08. The van der Waals surface area contributed by atoms with Crippen LogP contribution in [0.2, 0.25) is 0 Å². The second kappa shape index (κ2) is 7.66. The molecule has 2 heterocycles. The lowest BCUT2D eigenvalue weighted by atomic mass is 10.1. The quantitative estimate of drug-likeness (QED) is 0.708. The van der Waals surface area contributed by atoms with Crippen LogP contribution >= 0.6 is 11.8 Å². The monoisotopic (exact) mass is 368 g/mol. The molecule has 1 aliphatic rings. The number of fused-ring (bicyclic) bond motifs is 1. The van der Waals surface area contributed by atoms with Gasteiger partial charge in [-0.1, -0.05) is 31.4 Å².